The fourth-order valence-corrected chi connectivity index (χ4v) is 2.56. The van der Waals surface area contributed by atoms with Gasteiger partial charge >= 0.3 is 6.18 Å². The highest BCUT2D eigenvalue weighted by Crippen LogP contribution is 2.32. The topological polar surface area (TPSA) is 71.2 Å². The molecule has 1 aromatic heterocycles. The molecule has 0 aliphatic carbocycles. The summed E-state index contributed by atoms with van der Waals surface area (Å²) in [7, 11) is 0. The summed E-state index contributed by atoms with van der Waals surface area (Å²) in [5.41, 5.74) is -2.59. The first-order chi connectivity index (χ1) is 11.2. The Morgan fingerprint density at radius 2 is 1.83 bits per heavy atom. The minimum Gasteiger partial charge on any atom is -0.373 e. The van der Waals surface area contributed by atoms with Gasteiger partial charge in [0.1, 0.15) is 0 Å². The quantitative estimate of drug-likeness (QED) is 0.901. The number of halogens is 3. The zero-order valence-corrected chi connectivity index (χ0v) is 12.8. The second-order valence-electron chi connectivity index (χ2n) is 5.75. The molecule has 0 spiro atoms. The molecule has 1 aliphatic rings. The van der Waals surface area contributed by atoms with Gasteiger partial charge in [0.2, 0.25) is 5.60 Å². The Morgan fingerprint density at radius 3 is 2.46 bits per heavy atom. The summed E-state index contributed by atoms with van der Waals surface area (Å²) in [6.45, 7) is 0.622. The maximum atomic E-state index is 12.8. The molecule has 1 amide bonds. The molecule has 9 heteroatoms. The average Bonchev–Trinajstić information content (AvgIpc) is 2.97. The molecule has 1 unspecified atom stereocenters. The fraction of sp³-hybridized carbons (Fsp3) is 0.400. The average molecular weight is 340 g/mol. The fourth-order valence-electron chi connectivity index (χ4n) is 2.56. The van der Waals surface area contributed by atoms with E-state index < -0.39 is 17.7 Å². The molecule has 0 saturated heterocycles. The lowest BCUT2D eigenvalue weighted by Crippen LogP contribution is -2.57. The van der Waals surface area contributed by atoms with Crippen molar-refractivity contribution < 1.29 is 23.1 Å². The first-order valence-corrected chi connectivity index (χ1v) is 7.28. The molecular formula is C15H15F3N4O2. The minimum absolute atomic E-state index is 0.0376. The van der Waals surface area contributed by atoms with Crippen LogP contribution in [0.15, 0.2) is 30.3 Å². The van der Waals surface area contributed by atoms with Crippen LogP contribution in [0.2, 0.25) is 0 Å². The molecule has 0 saturated carbocycles. The molecule has 0 fully saturated rings. The van der Waals surface area contributed by atoms with Gasteiger partial charge in [0, 0.05) is 18.7 Å². The Bertz CT molecular complexity index is 756. The zero-order chi connectivity index (χ0) is 17.5. The van der Waals surface area contributed by atoms with E-state index in [0.29, 0.717) is 18.6 Å². The number of alkyl halides is 3. The summed E-state index contributed by atoms with van der Waals surface area (Å²) in [6.07, 6.45) is -5.04. The van der Waals surface area contributed by atoms with E-state index in [9.17, 15) is 23.1 Å². The van der Waals surface area contributed by atoms with Crippen molar-refractivity contribution in [3.63, 3.8) is 0 Å². The maximum absolute atomic E-state index is 12.8. The van der Waals surface area contributed by atoms with E-state index in [1.165, 1.54) is 0 Å². The van der Waals surface area contributed by atoms with Crippen LogP contribution in [0.1, 0.15) is 12.7 Å². The van der Waals surface area contributed by atoms with Crippen LogP contribution in [0.25, 0.3) is 11.4 Å². The Kier molecular flexibility index (Phi) is 3.83. The van der Waals surface area contributed by atoms with Crippen molar-refractivity contribution in [2.75, 3.05) is 6.54 Å². The van der Waals surface area contributed by atoms with Gasteiger partial charge in [-0.25, -0.2) is 0 Å². The number of hydrogen-bond acceptors (Lipinski definition) is 4. The minimum atomic E-state index is -5.04. The molecule has 24 heavy (non-hydrogen) atoms. The van der Waals surface area contributed by atoms with Gasteiger partial charge < -0.3 is 14.6 Å². The van der Waals surface area contributed by atoms with Crippen LogP contribution in [0.5, 0.6) is 0 Å². The molecule has 0 bridgehead atoms. The molecule has 1 aromatic carbocycles. The van der Waals surface area contributed by atoms with E-state index in [4.69, 9.17) is 0 Å². The number of hydrogen-bond donors (Lipinski definition) is 1. The summed E-state index contributed by atoms with van der Waals surface area (Å²) < 4.78 is 40.3. The van der Waals surface area contributed by atoms with Crippen molar-refractivity contribution >= 4 is 5.91 Å². The molecular weight excluding hydrogens is 325 g/mol. The Hall–Kier alpha value is -2.42. The third-order valence-corrected chi connectivity index (χ3v) is 4.04. The Labute approximate surface area is 135 Å². The van der Waals surface area contributed by atoms with Crippen LogP contribution in [-0.4, -0.2) is 49.0 Å². The summed E-state index contributed by atoms with van der Waals surface area (Å²) in [6, 6.07) is 9.25. The van der Waals surface area contributed by atoms with Crippen LogP contribution in [-0.2, 0) is 17.9 Å². The van der Waals surface area contributed by atoms with E-state index in [0.717, 1.165) is 10.5 Å². The van der Waals surface area contributed by atoms with Crippen LogP contribution in [0, 0.1) is 0 Å². The zero-order valence-electron chi connectivity index (χ0n) is 12.8. The number of carbonyl (C=O) groups is 1. The SMILES string of the molecule is CC(O)(C(=O)N1CCn2c(nnc2-c2ccccc2)C1)C(F)(F)F. The third-order valence-electron chi connectivity index (χ3n) is 4.04. The number of amides is 1. The molecule has 0 radical (unpaired) electrons. The lowest BCUT2D eigenvalue weighted by Gasteiger charge is -2.34. The molecule has 128 valence electrons. The molecule has 2 heterocycles. The van der Waals surface area contributed by atoms with Crippen LogP contribution < -0.4 is 0 Å². The normalized spacial score (nSPS) is 17.3. The van der Waals surface area contributed by atoms with Crippen molar-refractivity contribution in [3.05, 3.63) is 36.2 Å². The summed E-state index contributed by atoms with van der Waals surface area (Å²) in [5.74, 6) is -0.405. The van der Waals surface area contributed by atoms with Gasteiger partial charge in [-0.3, -0.25) is 4.79 Å². The largest absolute Gasteiger partial charge is 0.426 e. The summed E-state index contributed by atoms with van der Waals surface area (Å²) >= 11 is 0. The monoisotopic (exact) mass is 340 g/mol. The van der Waals surface area contributed by atoms with Gasteiger partial charge in [-0.2, -0.15) is 13.2 Å². The van der Waals surface area contributed by atoms with E-state index >= 15 is 0 Å². The predicted molar refractivity (Wildman–Crippen MR) is 77.6 cm³/mol. The lowest BCUT2D eigenvalue weighted by molar-refractivity contribution is -0.250. The Balaban J connectivity index is 1.84. The van der Waals surface area contributed by atoms with Gasteiger partial charge in [0.25, 0.3) is 5.91 Å². The smallest absolute Gasteiger partial charge is 0.373 e. The second kappa shape index (κ2) is 5.59. The molecule has 6 nitrogen and oxygen atoms in total. The van der Waals surface area contributed by atoms with Crippen molar-refractivity contribution in [1.29, 1.82) is 0 Å². The number of rotatable bonds is 2. The first kappa shape index (κ1) is 16.4. The van der Waals surface area contributed by atoms with Crippen LogP contribution in [0.3, 0.4) is 0 Å². The van der Waals surface area contributed by atoms with Gasteiger partial charge in [0.05, 0.1) is 6.54 Å². The summed E-state index contributed by atoms with van der Waals surface area (Å²) in [4.78, 5) is 13.0. The molecule has 3 rings (SSSR count). The number of benzene rings is 1. The Morgan fingerprint density at radius 1 is 1.17 bits per heavy atom. The van der Waals surface area contributed by atoms with E-state index in [-0.39, 0.29) is 19.6 Å². The number of nitrogens with zero attached hydrogens (tertiary/aromatic N) is 4. The second-order valence-corrected chi connectivity index (χ2v) is 5.75. The third kappa shape index (κ3) is 2.64. The number of aromatic nitrogens is 3. The lowest BCUT2D eigenvalue weighted by atomic mass is 10.0. The van der Waals surface area contributed by atoms with E-state index in [1.807, 2.05) is 30.3 Å². The maximum Gasteiger partial charge on any atom is 0.426 e. The molecule has 1 atom stereocenters. The molecule has 1 N–H and O–H groups in total. The number of aliphatic hydroxyl groups is 1. The predicted octanol–water partition coefficient (Wildman–Crippen LogP) is 1.60. The van der Waals surface area contributed by atoms with E-state index in [1.54, 1.807) is 4.57 Å². The van der Waals surface area contributed by atoms with Crippen molar-refractivity contribution in [2.24, 2.45) is 0 Å². The van der Waals surface area contributed by atoms with Gasteiger partial charge in [-0.15, -0.1) is 10.2 Å². The van der Waals surface area contributed by atoms with Crippen LogP contribution >= 0.6 is 0 Å². The first-order valence-electron chi connectivity index (χ1n) is 7.28. The standard InChI is InChI=1S/C15H15F3N4O2/c1-14(24,15(16,17)18)13(23)21-7-8-22-11(9-21)19-20-12(22)10-5-3-2-4-6-10/h2-6,24H,7-9H2,1H3. The van der Waals surface area contributed by atoms with Crippen LogP contribution in [0.4, 0.5) is 13.2 Å². The highest BCUT2D eigenvalue weighted by atomic mass is 19.4. The van der Waals surface area contributed by atoms with Gasteiger partial charge in [-0.05, 0) is 6.92 Å². The highest BCUT2D eigenvalue weighted by molar-refractivity contribution is 5.85. The van der Waals surface area contributed by atoms with Gasteiger partial charge in [0.15, 0.2) is 11.6 Å². The highest BCUT2D eigenvalue weighted by Gasteiger charge is 2.57. The molecule has 1 aliphatic heterocycles. The van der Waals surface area contributed by atoms with Crippen molar-refractivity contribution in [2.45, 2.75) is 31.8 Å². The molecule has 2 aromatic rings. The van der Waals surface area contributed by atoms with Gasteiger partial charge in [-0.1, -0.05) is 30.3 Å². The van der Waals surface area contributed by atoms with E-state index in [2.05, 4.69) is 10.2 Å². The number of fused-ring (bicyclic) bond motifs is 1. The van der Waals surface area contributed by atoms with Crippen molar-refractivity contribution in [3.8, 4) is 11.4 Å². The van der Waals surface area contributed by atoms with Crippen molar-refractivity contribution in [1.82, 2.24) is 19.7 Å². The summed E-state index contributed by atoms with van der Waals surface area (Å²) in [5, 5.41) is 17.6. The number of carbonyl (C=O) groups excluding carboxylic acids is 1.